The van der Waals surface area contributed by atoms with E-state index < -0.39 is 0 Å². The van der Waals surface area contributed by atoms with Crippen molar-refractivity contribution in [3.05, 3.63) is 23.8 Å². The van der Waals surface area contributed by atoms with Crippen LogP contribution in [0.15, 0.2) is 18.2 Å². The zero-order valence-electron chi connectivity index (χ0n) is 11.8. The van der Waals surface area contributed by atoms with E-state index in [1.807, 2.05) is 0 Å². The van der Waals surface area contributed by atoms with Crippen molar-refractivity contribution in [1.29, 1.82) is 0 Å². The van der Waals surface area contributed by atoms with Crippen molar-refractivity contribution in [3.8, 4) is 11.5 Å². The Morgan fingerprint density at radius 3 is 2.79 bits per heavy atom. The molecule has 1 aromatic rings. The van der Waals surface area contributed by atoms with Gasteiger partial charge >= 0.3 is 0 Å². The molecule has 0 radical (unpaired) electrons. The van der Waals surface area contributed by atoms with Crippen molar-refractivity contribution in [2.45, 2.75) is 13.3 Å². The van der Waals surface area contributed by atoms with E-state index in [2.05, 4.69) is 11.9 Å². The van der Waals surface area contributed by atoms with Gasteiger partial charge in [-0.15, -0.1) is 0 Å². The molecule has 1 aliphatic rings. The van der Waals surface area contributed by atoms with Gasteiger partial charge in [-0.05, 0) is 45.1 Å². The van der Waals surface area contributed by atoms with Crippen LogP contribution in [0.25, 0.3) is 0 Å². The number of likely N-dealkylation sites (tertiary alicyclic amines) is 1. The predicted molar refractivity (Wildman–Crippen MR) is 74.1 cm³/mol. The highest BCUT2D eigenvalue weighted by Gasteiger charge is 2.20. The van der Waals surface area contributed by atoms with Crippen LogP contribution < -0.4 is 9.47 Å². The number of rotatable bonds is 5. The van der Waals surface area contributed by atoms with Crippen LogP contribution in [0, 0.1) is 5.92 Å². The van der Waals surface area contributed by atoms with Gasteiger partial charge < -0.3 is 14.4 Å². The molecular weight excluding hydrogens is 242 g/mol. The van der Waals surface area contributed by atoms with Crippen molar-refractivity contribution in [1.82, 2.24) is 4.90 Å². The zero-order valence-corrected chi connectivity index (χ0v) is 11.8. The highest BCUT2D eigenvalue weighted by Crippen LogP contribution is 2.29. The molecular formula is C15H21NO3. The van der Waals surface area contributed by atoms with E-state index in [-0.39, 0.29) is 5.78 Å². The van der Waals surface area contributed by atoms with Crippen LogP contribution in [0.4, 0.5) is 0 Å². The second kappa shape index (κ2) is 6.06. The SMILES string of the molecule is COc1ccc(C(C)=O)cc1OCC1CCN(C)C1. The number of carbonyl (C=O) groups is 1. The lowest BCUT2D eigenvalue weighted by atomic mass is 10.1. The molecule has 1 atom stereocenters. The van der Waals surface area contributed by atoms with Crippen LogP contribution in [0.5, 0.6) is 11.5 Å². The number of hydrogen-bond acceptors (Lipinski definition) is 4. The number of ketones is 1. The molecule has 1 unspecified atom stereocenters. The normalized spacial score (nSPS) is 19.4. The van der Waals surface area contributed by atoms with Gasteiger partial charge in [-0.1, -0.05) is 0 Å². The first kappa shape index (κ1) is 13.9. The topological polar surface area (TPSA) is 38.8 Å². The van der Waals surface area contributed by atoms with E-state index in [9.17, 15) is 4.79 Å². The number of carbonyl (C=O) groups excluding carboxylic acids is 1. The fraction of sp³-hybridized carbons (Fsp3) is 0.533. The second-order valence-electron chi connectivity index (χ2n) is 5.15. The summed E-state index contributed by atoms with van der Waals surface area (Å²) < 4.78 is 11.1. The molecule has 1 heterocycles. The molecule has 0 saturated carbocycles. The molecule has 1 aromatic carbocycles. The van der Waals surface area contributed by atoms with E-state index in [1.165, 1.54) is 0 Å². The quantitative estimate of drug-likeness (QED) is 0.764. The van der Waals surface area contributed by atoms with Gasteiger partial charge in [0, 0.05) is 18.0 Å². The third kappa shape index (κ3) is 3.47. The van der Waals surface area contributed by atoms with Crippen LogP contribution in [0.1, 0.15) is 23.7 Å². The summed E-state index contributed by atoms with van der Waals surface area (Å²) in [4.78, 5) is 13.7. The Morgan fingerprint density at radius 2 is 2.21 bits per heavy atom. The second-order valence-corrected chi connectivity index (χ2v) is 5.15. The third-order valence-corrected chi connectivity index (χ3v) is 3.53. The summed E-state index contributed by atoms with van der Waals surface area (Å²) in [6, 6.07) is 5.31. The molecule has 104 valence electrons. The summed E-state index contributed by atoms with van der Waals surface area (Å²) in [6.45, 7) is 4.41. The van der Waals surface area contributed by atoms with Gasteiger partial charge in [0.1, 0.15) is 0 Å². The summed E-state index contributed by atoms with van der Waals surface area (Å²) in [5.74, 6) is 1.92. The van der Waals surface area contributed by atoms with E-state index in [0.29, 0.717) is 29.6 Å². The minimum Gasteiger partial charge on any atom is -0.493 e. The molecule has 0 N–H and O–H groups in total. The lowest BCUT2D eigenvalue weighted by Crippen LogP contribution is -2.18. The predicted octanol–water partition coefficient (Wildman–Crippen LogP) is 2.23. The van der Waals surface area contributed by atoms with Crippen molar-refractivity contribution >= 4 is 5.78 Å². The zero-order chi connectivity index (χ0) is 13.8. The average molecular weight is 263 g/mol. The van der Waals surface area contributed by atoms with E-state index in [0.717, 1.165) is 19.5 Å². The maximum atomic E-state index is 11.4. The Balaban J connectivity index is 2.05. The van der Waals surface area contributed by atoms with Crippen LogP contribution in [0.3, 0.4) is 0 Å². The number of hydrogen-bond donors (Lipinski definition) is 0. The largest absolute Gasteiger partial charge is 0.493 e. The standard InChI is InChI=1S/C15H21NO3/c1-11(17)13-4-5-14(18-3)15(8-13)19-10-12-6-7-16(2)9-12/h4-5,8,12H,6-7,9-10H2,1-3H3. The first-order valence-corrected chi connectivity index (χ1v) is 6.60. The summed E-state index contributed by atoms with van der Waals surface area (Å²) in [7, 11) is 3.73. The molecule has 1 aliphatic heterocycles. The van der Waals surface area contributed by atoms with E-state index >= 15 is 0 Å². The fourth-order valence-electron chi connectivity index (χ4n) is 2.38. The highest BCUT2D eigenvalue weighted by molar-refractivity contribution is 5.94. The molecule has 0 amide bonds. The Bertz CT molecular complexity index is 459. The molecule has 2 rings (SSSR count). The van der Waals surface area contributed by atoms with E-state index in [1.54, 1.807) is 32.2 Å². The smallest absolute Gasteiger partial charge is 0.161 e. The van der Waals surface area contributed by atoms with Gasteiger partial charge in [-0.3, -0.25) is 4.79 Å². The number of nitrogens with zero attached hydrogens (tertiary/aromatic N) is 1. The minimum absolute atomic E-state index is 0.0353. The van der Waals surface area contributed by atoms with Crippen LogP contribution in [-0.2, 0) is 0 Å². The van der Waals surface area contributed by atoms with Gasteiger partial charge in [-0.25, -0.2) is 0 Å². The molecule has 4 heteroatoms. The lowest BCUT2D eigenvalue weighted by Gasteiger charge is -2.15. The number of Topliss-reactive ketones (excluding diaryl/α,β-unsaturated/α-hetero) is 1. The Morgan fingerprint density at radius 1 is 1.42 bits per heavy atom. The summed E-state index contributed by atoms with van der Waals surface area (Å²) >= 11 is 0. The van der Waals surface area contributed by atoms with Gasteiger partial charge in [-0.2, -0.15) is 0 Å². The first-order valence-electron chi connectivity index (χ1n) is 6.60. The Hall–Kier alpha value is -1.55. The number of ether oxygens (including phenoxy) is 2. The molecule has 1 saturated heterocycles. The Kier molecular flexibility index (Phi) is 4.43. The van der Waals surface area contributed by atoms with E-state index in [4.69, 9.17) is 9.47 Å². The Labute approximate surface area is 114 Å². The molecule has 0 spiro atoms. The van der Waals surface area contributed by atoms with Gasteiger partial charge in [0.05, 0.1) is 13.7 Å². The fourth-order valence-corrected chi connectivity index (χ4v) is 2.38. The molecule has 0 aliphatic carbocycles. The highest BCUT2D eigenvalue weighted by atomic mass is 16.5. The summed E-state index contributed by atoms with van der Waals surface area (Å²) in [6.07, 6.45) is 1.16. The van der Waals surface area contributed by atoms with Crippen molar-refractivity contribution in [2.24, 2.45) is 5.92 Å². The third-order valence-electron chi connectivity index (χ3n) is 3.53. The van der Waals surface area contributed by atoms with Crippen molar-refractivity contribution < 1.29 is 14.3 Å². The maximum Gasteiger partial charge on any atom is 0.161 e. The monoisotopic (exact) mass is 263 g/mol. The molecule has 1 fully saturated rings. The van der Waals surface area contributed by atoms with Crippen molar-refractivity contribution in [3.63, 3.8) is 0 Å². The molecule has 4 nitrogen and oxygen atoms in total. The van der Waals surface area contributed by atoms with Gasteiger partial charge in [0.15, 0.2) is 17.3 Å². The van der Waals surface area contributed by atoms with Gasteiger partial charge in [0.2, 0.25) is 0 Å². The average Bonchev–Trinajstić information content (AvgIpc) is 2.81. The summed E-state index contributed by atoms with van der Waals surface area (Å²) in [5.41, 5.74) is 0.652. The van der Waals surface area contributed by atoms with Crippen LogP contribution >= 0.6 is 0 Å². The van der Waals surface area contributed by atoms with Crippen molar-refractivity contribution in [2.75, 3.05) is 33.9 Å². The maximum absolute atomic E-state index is 11.4. The molecule has 0 bridgehead atoms. The first-order chi connectivity index (χ1) is 9.10. The molecule has 19 heavy (non-hydrogen) atoms. The summed E-state index contributed by atoms with van der Waals surface area (Å²) in [5, 5.41) is 0. The minimum atomic E-state index is 0.0353. The number of methoxy groups -OCH3 is 1. The van der Waals surface area contributed by atoms with Gasteiger partial charge in [0.25, 0.3) is 0 Å². The molecule has 0 aromatic heterocycles. The number of benzene rings is 1. The lowest BCUT2D eigenvalue weighted by molar-refractivity contribution is 0.101. The van der Waals surface area contributed by atoms with Crippen LogP contribution in [-0.4, -0.2) is 44.5 Å². The van der Waals surface area contributed by atoms with Crippen LogP contribution in [0.2, 0.25) is 0 Å².